The number of methoxy groups -OCH3 is 2. The molecule has 3 rings (SSSR count). The standard InChI is InChI=1S/C23H32ClN5O2/c1-4-25-23(26-10-7-17-5-6-22(24)27-16-17)28-18-8-11-29(12-9-18)19-13-20(30-2)15-21(14-19)31-3/h5-6,13-16,18H,4,7-12H2,1-3H3,(H2,25,26,28). The lowest BCUT2D eigenvalue weighted by Gasteiger charge is -2.34. The smallest absolute Gasteiger partial charge is 0.191 e. The third kappa shape index (κ3) is 6.92. The van der Waals surface area contributed by atoms with Gasteiger partial charge < -0.3 is 25.0 Å². The van der Waals surface area contributed by atoms with Crippen LogP contribution in [0.25, 0.3) is 0 Å². The third-order valence-corrected chi connectivity index (χ3v) is 5.56. The molecule has 0 amide bonds. The van der Waals surface area contributed by atoms with Crippen LogP contribution in [-0.2, 0) is 6.42 Å². The molecule has 0 atom stereocenters. The molecule has 8 heteroatoms. The van der Waals surface area contributed by atoms with Crippen molar-refractivity contribution in [3.05, 3.63) is 47.2 Å². The molecule has 31 heavy (non-hydrogen) atoms. The summed E-state index contributed by atoms with van der Waals surface area (Å²) in [6.45, 7) is 5.53. The molecule has 1 aromatic carbocycles. The van der Waals surface area contributed by atoms with Crippen molar-refractivity contribution in [2.24, 2.45) is 4.99 Å². The normalized spacial score (nSPS) is 15.0. The molecule has 168 valence electrons. The van der Waals surface area contributed by atoms with Crippen molar-refractivity contribution in [2.45, 2.75) is 32.2 Å². The summed E-state index contributed by atoms with van der Waals surface area (Å²) in [7, 11) is 3.36. The van der Waals surface area contributed by atoms with Crippen molar-refractivity contribution in [3.63, 3.8) is 0 Å². The zero-order valence-electron chi connectivity index (χ0n) is 18.5. The number of aliphatic imine (C=N–C) groups is 1. The SMILES string of the molecule is CCNC(=NCCc1ccc(Cl)nc1)NC1CCN(c2cc(OC)cc(OC)c2)CC1. The van der Waals surface area contributed by atoms with E-state index in [4.69, 9.17) is 26.1 Å². The van der Waals surface area contributed by atoms with E-state index >= 15 is 0 Å². The Morgan fingerprint density at radius 1 is 1.16 bits per heavy atom. The predicted molar refractivity (Wildman–Crippen MR) is 127 cm³/mol. The van der Waals surface area contributed by atoms with E-state index in [0.717, 1.165) is 67.6 Å². The monoisotopic (exact) mass is 445 g/mol. The van der Waals surface area contributed by atoms with Gasteiger partial charge in [0.1, 0.15) is 16.7 Å². The van der Waals surface area contributed by atoms with Crippen molar-refractivity contribution in [1.82, 2.24) is 15.6 Å². The molecule has 2 heterocycles. The molecule has 1 saturated heterocycles. The molecule has 0 unspecified atom stereocenters. The summed E-state index contributed by atoms with van der Waals surface area (Å²) in [6.07, 6.45) is 4.70. The van der Waals surface area contributed by atoms with Crippen molar-refractivity contribution in [1.29, 1.82) is 0 Å². The van der Waals surface area contributed by atoms with Gasteiger partial charge in [0.2, 0.25) is 0 Å². The Balaban J connectivity index is 1.53. The number of ether oxygens (including phenoxy) is 2. The zero-order valence-corrected chi connectivity index (χ0v) is 19.3. The van der Waals surface area contributed by atoms with Gasteiger partial charge in [-0.3, -0.25) is 4.99 Å². The van der Waals surface area contributed by atoms with Gasteiger partial charge in [-0.1, -0.05) is 17.7 Å². The summed E-state index contributed by atoms with van der Waals surface area (Å²) < 4.78 is 10.8. The topological polar surface area (TPSA) is 71.0 Å². The maximum absolute atomic E-state index is 5.85. The van der Waals surface area contributed by atoms with E-state index in [9.17, 15) is 0 Å². The molecule has 1 fully saturated rings. The van der Waals surface area contributed by atoms with Crippen LogP contribution < -0.4 is 25.0 Å². The highest BCUT2D eigenvalue weighted by atomic mass is 35.5. The quantitative estimate of drug-likeness (QED) is 0.368. The minimum absolute atomic E-state index is 0.388. The van der Waals surface area contributed by atoms with E-state index in [1.54, 1.807) is 14.2 Å². The molecule has 0 bridgehead atoms. The van der Waals surface area contributed by atoms with E-state index in [2.05, 4.69) is 39.6 Å². The van der Waals surface area contributed by atoms with E-state index in [0.29, 0.717) is 17.7 Å². The number of hydrogen-bond acceptors (Lipinski definition) is 5. The molecule has 0 radical (unpaired) electrons. The molecule has 0 spiro atoms. The highest BCUT2D eigenvalue weighted by Crippen LogP contribution is 2.30. The van der Waals surface area contributed by atoms with Gasteiger partial charge >= 0.3 is 0 Å². The summed E-state index contributed by atoms with van der Waals surface area (Å²) in [5, 5.41) is 7.46. The van der Waals surface area contributed by atoms with E-state index in [1.165, 1.54) is 0 Å². The number of benzene rings is 1. The number of piperidine rings is 1. The van der Waals surface area contributed by atoms with Gasteiger partial charge in [-0.05, 0) is 37.8 Å². The Bertz CT molecular complexity index is 829. The second-order valence-corrected chi connectivity index (χ2v) is 7.86. The fraction of sp³-hybridized carbons (Fsp3) is 0.478. The molecular weight excluding hydrogens is 414 g/mol. The van der Waals surface area contributed by atoms with Crippen LogP contribution in [0.2, 0.25) is 5.15 Å². The number of pyridine rings is 1. The number of nitrogens with zero attached hydrogens (tertiary/aromatic N) is 3. The fourth-order valence-electron chi connectivity index (χ4n) is 3.62. The third-order valence-electron chi connectivity index (χ3n) is 5.34. The highest BCUT2D eigenvalue weighted by molar-refractivity contribution is 6.29. The fourth-order valence-corrected chi connectivity index (χ4v) is 3.73. The van der Waals surface area contributed by atoms with Gasteiger partial charge in [-0.15, -0.1) is 0 Å². The molecule has 1 aliphatic rings. The van der Waals surface area contributed by atoms with Gasteiger partial charge in [0.15, 0.2) is 5.96 Å². The summed E-state index contributed by atoms with van der Waals surface area (Å²) in [5.74, 6) is 2.49. The average molecular weight is 446 g/mol. The van der Waals surface area contributed by atoms with Crippen LogP contribution in [0.1, 0.15) is 25.3 Å². The Kier molecular flexibility index (Phi) is 8.64. The second-order valence-electron chi connectivity index (χ2n) is 7.48. The lowest BCUT2D eigenvalue weighted by molar-refractivity contribution is 0.393. The first kappa shape index (κ1) is 23.0. The number of aromatic nitrogens is 1. The lowest BCUT2D eigenvalue weighted by atomic mass is 10.0. The molecule has 0 aliphatic carbocycles. The Morgan fingerprint density at radius 2 is 1.87 bits per heavy atom. The molecule has 0 saturated carbocycles. The molecule has 7 nitrogen and oxygen atoms in total. The van der Waals surface area contributed by atoms with Crippen LogP contribution in [0.5, 0.6) is 11.5 Å². The van der Waals surface area contributed by atoms with Crippen molar-refractivity contribution >= 4 is 23.2 Å². The van der Waals surface area contributed by atoms with Gasteiger partial charge in [0.05, 0.1) is 14.2 Å². The molecule has 1 aliphatic heterocycles. The zero-order chi connectivity index (χ0) is 22.1. The number of nitrogens with one attached hydrogen (secondary N) is 2. The maximum atomic E-state index is 5.85. The number of anilines is 1. The van der Waals surface area contributed by atoms with Gasteiger partial charge in [0.25, 0.3) is 0 Å². The van der Waals surface area contributed by atoms with Crippen LogP contribution in [-0.4, -0.2) is 57.4 Å². The molecule has 2 aromatic rings. The number of halogens is 1. The maximum Gasteiger partial charge on any atom is 0.191 e. The molecule has 2 N–H and O–H groups in total. The predicted octanol–water partition coefficient (Wildman–Crippen LogP) is 3.52. The van der Waals surface area contributed by atoms with E-state index < -0.39 is 0 Å². The minimum Gasteiger partial charge on any atom is -0.497 e. The first-order chi connectivity index (χ1) is 15.1. The summed E-state index contributed by atoms with van der Waals surface area (Å²) in [4.78, 5) is 11.2. The van der Waals surface area contributed by atoms with Gasteiger partial charge in [-0.2, -0.15) is 0 Å². The van der Waals surface area contributed by atoms with Crippen LogP contribution in [0.4, 0.5) is 5.69 Å². The van der Waals surface area contributed by atoms with E-state index in [1.807, 2.05) is 24.4 Å². The first-order valence-corrected chi connectivity index (χ1v) is 11.1. The van der Waals surface area contributed by atoms with Crippen LogP contribution in [0, 0.1) is 0 Å². The van der Waals surface area contributed by atoms with Gasteiger partial charge in [-0.25, -0.2) is 4.98 Å². The largest absolute Gasteiger partial charge is 0.497 e. The molecular formula is C23H32ClN5O2. The summed E-state index contributed by atoms with van der Waals surface area (Å²) in [5.41, 5.74) is 2.26. The highest BCUT2D eigenvalue weighted by Gasteiger charge is 2.21. The van der Waals surface area contributed by atoms with Crippen LogP contribution in [0.15, 0.2) is 41.5 Å². The van der Waals surface area contributed by atoms with Crippen LogP contribution in [0.3, 0.4) is 0 Å². The minimum atomic E-state index is 0.388. The summed E-state index contributed by atoms with van der Waals surface area (Å²) >= 11 is 5.85. The first-order valence-electron chi connectivity index (χ1n) is 10.7. The Morgan fingerprint density at radius 3 is 2.45 bits per heavy atom. The average Bonchev–Trinajstić information content (AvgIpc) is 2.80. The summed E-state index contributed by atoms with van der Waals surface area (Å²) in [6, 6.07) is 10.2. The number of rotatable bonds is 8. The Hall–Kier alpha value is -2.67. The van der Waals surface area contributed by atoms with E-state index in [-0.39, 0.29) is 0 Å². The second kappa shape index (κ2) is 11.6. The number of guanidine groups is 1. The van der Waals surface area contributed by atoms with Crippen molar-refractivity contribution in [2.75, 3.05) is 45.3 Å². The molecule has 1 aromatic heterocycles. The van der Waals surface area contributed by atoms with Crippen LogP contribution >= 0.6 is 11.6 Å². The number of hydrogen-bond donors (Lipinski definition) is 2. The van der Waals surface area contributed by atoms with Crippen molar-refractivity contribution in [3.8, 4) is 11.5 Å². The van der Waals surface area contributed by atoms with Crippen molar-refractivity contribution < 1.29 is 9.47 Å². The lowest BCUT2D eigenvalue weighted by Crippen LogP contribution is -2.48. The Labute approximate surface area is 189 Å². The van der Waals surface area contributed by atoms with Gasteiger partial charge in [0, 0.05) is 62.3 Å².